The highest BCUT2D eigenvalue weighted by atomic mass is 14.9. The van der Waals surface area contributed by atoms with Crippen LogP contribution in [0, 0.1) is 5.92 Å². The molecule has 1 N–H and O–H groups in total. The summed E-state index contributed by atoms with van der Waals surface area (Å²) in [6.45, 7) is 13.9. The second-order valence-corrected chi connectivity index (χ2v) is 4.63. The average Bonchev–Trinajstić information content (AvgIpc) is 2.14. The molecule has 0 saturated carbocycles. The molecular weight excluding hydrogens is 184 g/mol. The molecule has 88 valence electrons. The highest BCUT2D eigenvalue weighted by molar-refractivity contribution is 5.93. The van der Waals surface area contributed by atoms with Crippen molar-refractivity contribution in [1.82, 2.24) is 5.32 Å². The average molecular weight is 210 g/mol. The lowest BCUT2D eigenvalue weighted by Gasteiger charge is -2.09. The summed E-state index contributed by atoms with van der Waals surface area (Å²) in [6.07, 6.45) is 3.22. The largest absolute Gasteiger partial charge is 0.388 e. The molecular formula is C13H26N2. The van der Waals surface area contributed by atoms with Crippen LogP contribution in [-0.4, -0.2) is 18.3 Å². The van der Waals surface area contributed by atoms with E-state index in [1.54, 1.807) is 0 Å². The monoisotopic (exact) mass is 210 g/mol. The molecule has 0 aliphatic rings. The minimum Gasteiger partial charge on any atom is -0.388 e. The number of allylic oxidation sites excluding steroid dienone is 2. The molecule has 0 spiro atoms. The van der Waals surface area contributed by atoms with Gasteiger partial charge in [0, 0.05) is 24.0 Å². The molecule has 0 aromatic heterocycles. The van der Waals surface area contributed by atoms with Crippen molar-refractivity contribution in [3.05, 3.63) is 11.8 Å². The fourth-order valence-corrected chi connectivity index (χ4v) is 1.21. The van der Waals surface area contributed by atoms with E-state index in [9.17, 15) is 0 Å². The number of nitrogens with zero attached hydrogens (tertiary/aromatic N) is 1. The summed E-state index contributed by atoms with van der Waals surface area (Å²) < 4.78 is 0. The lowest BCUT2D eigenvalue weighted by atomic mass is 10.2. The van der Waals surface area contributed by atoms with Crippen LogP contribution >= 0.6 is 0 Å². The smallest absolute Gasteiger partial charge is 0.0472 e. The summed E-state index contributed by atoms with van der Waals surface area (Å²) in [5.41, 5.74) is 2.31. The second-order valence-electron chi connectivity index (χ2n) is 4.63. The third-order valence-corrected chi connectivity index (χ3v) is 2.23. The van der Waals surface area contributed by atoms with Crippen LogP contribution in [0.4, 0.5) is 0 Å². The standard InChI is InChI=1S/C13H26N2/c1-7-11(4)15-13(6)8-12(5)14-9-10(2)3/h8,10-11,14H,7,9H2,1-6H3/b12-8-,15-13+. The predicted octanol–water partition coefficient (Wildman–Crippen LogP) is 3.40. The minimum absolute atomic E-state index is 0.430. The van der Waals surface area contributed by atoms with Crippen LogP contribution < -0.4 is 5.32 Å². The second kappa shape index (κ2) is 7.49. The zero-order valence-electron chi connectivity index (χ0n) is 11.1. The van der Waals surface area contributed by atoms with E-state index in [2.05, 4.69) is 57.9 Å². The molecule has 1 atom stereocenters. The van der Waals surface area contributed by atoms with E-state index in [0.717, 1.165) is 18.7 Å². The molecule has 0 rings (SSSR count). The van der Waals surface area contributed by atoms with Gasteiger partial charge in [-0.05, 0) is 39.2 Å². The van der Waals surface area contributed by atoms with Crippen molar-refractivity contribution in [2.45, 2.75) is 54.0 Å². The Morgan fingerprint density at radius 2 is 1.87 bits per heavy atom. The number of aliphatic imine (C=N–C) groups is 1. The van der Waals surface area contributed by atoms with Crippen LogP contribution in [0.3, 0.4) is 0 Å². The van der Waals surface area contributed by atoms with Crippen molar-refractivity contribution in [1.29, 1.82) is 0 Å². The minimum atomic E-state index is 0.430. The first kappa shape index (κ1) is 14.2. The summed E-state index contributed by atoms with van der Waals surface area (Å²) in [5, 5.41) is 3.38. The van der Waals surface area contributed by atoms with Crippen LogP contribution in [-0.2, 0) is 0 Å². The van der Waals surface area contributed by atoms with Crippen LogP contribution in [0.25, 0.3) is 0 Å². The van der Waals surface area contributed by atoms with Crippen molar-refractivity contribution < 1.29 is 0 Å². The SMILES string of the molecule is CCC(C)/N=C(C)/C=C(/C)NCC(C)C. The molecule has 2 heteroatoms. The van der Waals surface area contributed by atoms with Crippen LogP contribution in [0.15, 0.2) is 16.8 Å². The van der Waals surface area contributed by atoms with E-state index in [0.29, 0.717) is 12.0 Å². The Morgan fingerprint density at radius 1 is 1.27 bits per heavy atom. The van der Waals surface area contributed by atoms with Crippen molar-refractivity contribution in [3.63, 3.8) is 0 Å². The summed E-state index contributed by atoms with van der Waals surface area (Å²) in [5.74, 6) is 0.681. The van der Waals surface area contributed by atoms with E-state index in [1.807, 2.05) is 0 Å². The normalized spacial score (nSPS) is 15.7. The van der Waals surface area contributed by atoms with Crippen molar-refractivity contribution >= 4 is 5.71 Å². The molecule has 0 fully saturated rings. The Hall–Kier alpha value is -0.790. The molecule has 0 heterocycles. The highest BCUT2D eigenvalue weighted by Gasteiger charge is 1.96. The maximum atomic E-state index is 4.56. The number of rotatable bonds is 6. The van der Waals surface area contributed by atoms with Gasteiger partial charge in [-0.1, -0.05) is 20.8 Å². The lowest BCUT2D eigenvalue weighted by Crippen LogP contribution is -2.18. The molecule has 1 unspecified atom stereocenters. The van der Waals surface area contributed by atoms with Crippen LogP contribution in [0.5, 0.6) is 0 Å². The van der Waals surface area contributed by atoms with Gasteiger partial charge in [0.25, 0.3) is 0 Å². The van der Waals surface area contributed by atoms with Gasteiger partial charge in [-0.15, -0.1) is 0 Å². The number of hydrogen-bond donors (Lipinski definition) is 1. The van der Waals surface area contributed by atoms with Gasteiger partial charge >= 0.3 is 0 Å². The number of nitrogens with one attached hydrogen (secondary N) is 1. The van der Waals surface area contributed by atoms with E-state index >= 15 is 0 Å². The Morgan fingerprint density at radius 3 is 2.33 bits per heavy atom. The first-order valence-electron chi connectivity index (χ1n) is 5.92. The van der Waals surface area contributed by atoms with Crippen LogP contribution in [0.2, 0.25) is 0 Å². The Kier molecular flexibility index (Phi) is 7.10. The van der Waals surface area contributed by atoms with Gasteiger partial charge in [0.1, 0.15) is 0 Å². The molecule has 0 aromatic rings. The first-order valence-corrected chi connectivity index (χ1v) is 5.92. The van der Waals surface area contributed by atoms with E-state index in [1.165, 1.54) is 5.70 Å². The van der Waals surface area contributed by atoms with Gasteiger partial charge < -0.3 is 5.32 Å². The van der Waals surface area contributed by atoms with Gasteiger partial charge in [-0.3, -0.25) is 4.99 Å². The predicted molar refractivity (Wildman–Crippen MR) is 69.5 cm³/mol. The van der Waals surface area contributed by atoms with E-state index < -0.39 is 0 Å². The molecule has 0 amide bonds. The van der Waals surface area contributed by atoms with Crippen molar-refractivity contribution in [3.8, 4) is 0 Å². The summed E-state index contributed by atoms with van der Waals surface area (Å²) in [6, 6.07) is 0.430. The highest BCUT2D eigenvalue weighted by Crippen LogP contribution is 1.99. The van der Waals surface area contributed by atoms with E-state index in [-0.39, 0.29) is 0 Å². The first-order chi connectivity index (χ1) is 6.95. The maximum absolute atomic E-state index is 4.56. The molecule has 2 nitrogen and oxygen atoms in total. The van der Waals surface area contributed by atoms with Gasteiger partial charge in [-0.2, -0.15) is 0 Å². The Bertz CT molecular complexity index is 227. The third kappa shape index (κ3) is 8.22. The fourth-order valence-electron chi connectivity index (χ4n) is 1.21. The van der Waals surface area contributed by atoms with Crippen molar-refractivity contribution in [2.24, 2.45) is 10.9 Å². The molecule has 0 bridgehead atoms. The van der Waals surface area contributed by atoms with Gasteiger partial charge in [0.2, 0.25) is 0 Å². The topological polar surface area (TPSA) is 24.4 Å². The van der Waals surface area contributed by atoms with Gasteiger partial charge in [0.05, 0.1) is 0 Å². The molecule has 15 heavy (non-hydrogen) atoms. The van der Waals surface area contributed by atoms with Crippen molar-refractivity contribution in [2.75, 3.05) is 6.54 Å². The zero-order chi connectivity index (χ0) is 11.8. The van der Waals surface area contributed by atoms with Gasteiger partial charge in [0.15, 0.2) is 0 Å². The molecule has 0 saturated heterocycles. The number of hydrogen-bond acceptors (Lipinski definition) is 2. The molecule has 0 aliphatic heterocycles. The molecule has 0 radical (unpaired) electrons. The Labute approximate surface area is 94.9 Å². The summed E-state index contributed by atoms with van der Waals surface area (Å²) >= 11 is 0. The Balaban J connectivity index is 4.16. The third-order valence-electron chi connectivity index (χ3n) is 2.23. The maximum Gasteiger partial charge on any atom is 0.0472 e. The lowest BCUT2D eigenvalue weighted by molar-refractivity contribution is 0.596. The van der Waals surface area contributed by atoms with Crippen LogP contribution in [0.1, 0.15) is 48.0 Å². The summed E-state index contributed by atoms with van der Waals surface area (Å²) in [7, 11) is 0. The molecule has 0 aliphatic carbocycles. The quantitative estimate of drug-likeness (QED) is 0.668. The zero-order valence-corrected chi connectivity index (χ0v) is 11.1. The fraction of sp³-hybridized carbons (Fsp3) is 0.769. The van der Waals surface area contributed by atoms with Gasteiger partial charge in [-0.25, -0.2) is 0 Å². The summed E-state index contributed by atoms with van der Waals surface area (Å²) in [4.78, 5) is 4.56. The van der Waals surface area contributed by atoms with E-state index in [4.69, 9.17) is 0 Å². The molecule has 0 aromatic carbocycles.